The summed E-state index contributed by atoms with van der Waals surface area (Å²) < 4.78 is 11.6. The van der Waals surface area contributed by atoms with E-state index in [1.165, 1.54) is 0 Å². The molecule has 2 rings (SSSR count). The fraction of sp³-hybridized carbons (Fsp3) is 0.250. The first-order chi connectivity index (χ1) is 8.18. The molecule has 1 aromatic carbocycles. The van der Waals surface area contributed by atoms with Gasteiger partial charge in [-0.25, -0.2) is 0 Å². The van der Waals surface area contributed by atoms with Gasteiger partial charge in [0, 0.05) is 11.0 Å². The number of fused-ring (bicyclic) bond motifs is 1. The van der Waals surface area contributed by atoms with Gasteiger partial charge in [-0.1, -0.05) is 28.6 Å². The minimum atomic E-state index is -0.201. The second-order valence-electron chi connectivity index (χ2n) is 3.53. The van der Waals surface area contributed by atoms with Gasteiger partial charge in [-0.05, 0) is 12.1 Å². The van der Waals surface area contributed by atoms with E-state index in [2.05, 4.69) is 27.8 Å². The highest BCUT2D eigenvalue weighted by Crippen LogP contribution is 2.33. The maximum atomic E-state index is 11.9. The zero-order valence-corrected chi connectivity index (χ0v) is 10.7. The quantitative estimate of drug-likeness (QED) is 0.929. The minimum Gasteiger partial charge on any atom is -0.486 e. The molecule has 90 valence electrons. The number of nitrogens with one attached hydrogen (secondary N) is 1. The highest BCUT2D eigenvalue weighted by atomic mass is 79.9. The van der Waals surface area contributed by atoms with Gasteiger partial charge in [-0.3, -0.25) is 4.79 Å². The predicted octanol–water partition coefficient (Wildman–Crippen LogP) is 2.10. The first kappa shape index (κ1) is 12.0. The minimum absolute atomic E-state index is 0.201. The van der Waals surface area contributed by atoms with Gasteiger partial charge in [0.1, 0.15) is 13.2 Å². The Kier molecular flexibility index (Phi) is 3.68. The number of carbonyl (C=O) groups excluding carboxylic acids is 1. The SMILES string of the molecule is C=C(Br)CNC(=O)c1cccc2c1OCCO2. The van der Waals surface area contributed by atoms with Crippen LogP contribution in [0.15, 0.2) is 29.3 Å². The van der Waals surface area contributed by atoms with Gasteiger partial charge >= 0.3 is 0 Å². The van der Waals surface area contributed by atoms with Crippen molar-refractivity contribution in [2.24, 2.45) is 0 Å². The molecule has 1 aliphatic rings. The molecule has 4 nitrogen and oxygen atoms in total. The zero-order chi connectivity index (χ0) is 12.3. The number of rotatable bonds is 3. The molecule has 0 bridgehead atoms. The summed E-state index contributed by atoms with van der Waals surface area (Å²) in [7, 11) is 0. The summed E-state index contributed by atoms with van der Waals surface area (Å²) in [5.41, 5.74) is 0.482. The normalized spacial score (nSPS) is 13.0. The topological polar surface area (TPSA) is 47.6 Å². The largest absolute Gasteiger partial charge is 0.486 e. The van der Waals surface area contributed by atoms with Crippen LogP contribution in [0, 0.1) is 0 Å². The molecule has 0 saturated carbocycles. The van der Waals surface area contributed by atoms with Gasteiger partial charge in [0.05, 0.1) is 5.56 Å². The van der Waals surface area contributed by atoms with Gasteiger partial charge in [0.2, 0.25) is 0 Å². The first-order valence-electron chi connectivity index (χ1n) is 5.18. The van der Waals surface area contributed by atoms with E-state index in [9.17, 15) is 4.79 Å². The van der Waals surface area contributed by atoms with Gasteiger partial charge in [0.25, 0.3) is 5.91 Å². The summed E-state index contributed by atoms with van der Waals surface area (Å²) in [5, 5.41) is 2.73. The summed E-state index contributed by atoms with van der Waals surface area (Å²) in [4.78, 5) is 11.9. The van der Waals surface area contributed by atoms with E-state index in [0.717, 1.165) is 0 Å². The Morgan fingerprint density at radius 2 is 2.18 bits per heavy atom. The number of para-hydroxylation sites is 1. The van der Waals surface area contributed by atoms with Crippen molar-refractivity contribution in [2.45, 2.75) is 0 Å². The standard InChI is InChI=1S/C12H12BrNO3/c1-8(13)7-14-12(15)9-3-2-4-10-11(9)17-6-5-16-10/h2-4H,1,5-7H2,(H,14,15). The van der Waals surface area contributed by atoms with Crippen LogP contribution in [0.3, 0.4) is 0 Å². The molecule has 0 atom stereocenters. The fourth-order valence-electron chi connectivity index (χ4n) is 1.52. The van der Waals surface area contributed by atoms with Crippen molar-refractivity contribution in [3.05, 3.63) is 34.8 Å². The van der Waals surface area contributed by atoms with Crippen LogP contribution in [0.2, 0.25) is 0 Å². The molecule has 0 aliphatic carbocycles. The van der Waals surface area contributed by atoms with E-state index in [-0.39, 0.29) is 5.91 Å². The monoisotopic (exact) mass is 297 g/mol. The zero-order valence-electron chi connectivity index (χ0n) is 9.16. The van der Waals surface area contributed by atoms with Crippen LogP contribution in [0.1, 0.15) is 10.4 Å². The number of ether oxygens (including phenoxy) is 2. The Morgan fingerprint density at radius 3 is 2.94 bits per heavy atom. The van der Waals surface area contributed by atoms with Gasteiger partial charge in [-0.15, -0.1) is 0 Å². The molecule has 0 unspecified atom stereocenters. The lowest BCUT2D eigenvalue weighted by Gasteiger charge is -2.20. The molecule has 1 aliphatic heterocycles. The van der Waals surface area contributed by atoms with Crippen LogP contribution in [0.25, 0.3) is 0 Å². The molecule has 1 amide bonds. The van der Waals surface area contributed by atoms with E-state index >= 15 is 0 Å². The summed E-state index contributed by atoms with van der Waals surface area (Å²) in [6, 6.07) is 5.26. The number of benzene rings is 1. The average Bonchev–Trinajstić information content (AvgIpc) is 2.35. The van der Waals surface area contributed by atoms with Gasteiger partial charge in [0.15, 0.2) is 11.5 Å². The van der Waals surface area contributed by atoms with Crippen molar-refractivity contribution in [1.82, 2.24) is 5.32 Å². The highest BCUT2D eigenvalue weighted by Gasteiger charge is 2.19. The van der Waals surface area contributed by atoms with Gasteiger partial charge in [-0.2, -0.15) is 0 Å². The lowest BCUT2D eigenvalue weighted by Crippen LogP contribution is -2.26. The molecule has 0 radical (unpaired) electrons. The molecule has 0 saturated heterocycles. The number of hydrogen-bond donors (Lipinski definition) is 1. The van der Waals surface area contributed by atoms with E-state index in [1.54, 1.807) is 18.2 Å². The van der Waals surface area contributed by atoms with Crippen LogP contribution in [0.4, 0.5) is 0 Å². The van der Waals surface area contributed by atoms with E-state index in [4.69, 9.17) is 9.47 Å². The van der Waals surface area contributed by atoms with Crippen molar-refractivity contribution < 1.29 is 14.3 Å². The third kappa shape index (κ3) is 2.79. The first-order valence-corrected chi connectivity index (χ1v) is 5.98. The smallest absolute Gasteiger partial charge is 0.255 e. The predicted molar refractivity (Wildman–Crippen MR) is 67.8 cm³/mol. The van der Waals surface area contributed by atoms with Gasteiger partial charge < -0.3 is 14.8 Å². The molecule has 1 aromatic rings. The molecule has 17 heavy (non-hydrogen) atoms. The summed E-state index contributed by atoms with van der Waals surface area (Å²) in [5.74, 6) is 0.922. The fourth-order valence-corrected chi connectivity index (χ4v) is 1.66. The molecule has 0 aromatic heterocycles. The summed E-state index contributed by atoms with van der Waals surface area (Å²) in [6.07, 6.45) is 0. The highest BCUT2D eigenvalue weighted by molar-refractivity contribution is 9.11. The maximum Gasteiger partial charge on any atom is 0.255 e. The Hall–Kier alpha value is -1.49. The second kappa shape index (κ2) is 5.23. The van der Waals surface area contributed by atoms with E-state index in [0.29, 0.717) is 41.3 Å². The lowest BCUT2D eigenvalue weighted by atomic mass is 10.1. The molecule has 0 spiro atoms. The number of halogens is 1. The van der Waals surface area contributed by atoms with Crippen molar-refractivity contribution >= 4 is 21.8 Å². The number of carbonyl (C=O) groups is 1. The van der Waals surface area contributed by atoms with Crippen molar-refractivity contribution in [2.75, 3.05) is 19.8 Å². The van der Waals surface area contributed by atoms with Crippen molar-refractivity contribution in [3.63, 3.8) is 0 Å². The second-order valence-corrected chi connectivity index (χ2v) is 4.65. The summed E-state index contributed by atoms with van der Waals surface area (Å²) in [6.45, 7) is 5.00. The van der Waals surface area contributed by atoms with Crippen LogP contribution in [-0.4, -0.2) is 25.7 Å². The maximum absolute atomic E-state index is 11.9. The lowest BCUT2D eigenvalue weighted by molar-refractivity contribution is 0.0946. The molecule has 1 N–H and O–H groups in total. The van der Waals surface area contributed by atoms with Crippen LogP contribution >= 0.6 is 15.9 Å². The van der Waals surface area contributed by atoms with Crippen LogP contribution in [0.5, 0.6) is 11.5 Å². The van der Waals surface area contributed by atoms with E-state index in [1.807, 2.05) is 0 Å². The molecular formula is C12H12BrNO3. The Bertz CT molecular complexity index is 459. The third-order valence-electron chi connectivity index (χ3n) is 2.25. The van der Waals surface area contributed by atoms with Crippen LogP contribution < -0.4 is 14.8 Å². The number of amides is 1. The molecule has 0 fully saturated rings. The Labute approximate surface area is 108 Å². The molecule has 1 heterocycles. The van der Waals surface area contributed by atoms with Crippen molar-refractivity contribution in [3.8, 4) is 11.5 Å². The third-order valence-corrected chi connectivity index (χ3v) is 2.53. The molecule has 5 heteroatoms. The average molecular weight is 298 g/mol. The van der Waals surface area contributed by atoms with Crippen LogP contribution in [-0.2, 0) is 0 Å². The van der Waals surface area contributed by atoms with Crippen molar-refractivity contribution in [1.29, 1.82) is 0 Å². The molecular weight excluding hydrogens is 286 g/mol. The summed E-state index contributed by atoms with van der Waals surface area (Å²) >= 11 is 3.19. The Balaban J connectivity index is 2.20. The number of hydrogen-bond acceptors (Lipinski definition) is 3. The van der Waals surface area contributed by atoms with E-state index < -0.39 is 0 Å². The Morgan fingerprint density at radius 1 is 1.41 bits per heavy atom.